The molecule has 0 saturated heterocycles. The van der Waals surface area contributed by atoms with Crippen molar-refractivity contribution < 1.29 is 9.21 Å². The minimum Gasteiger partial charge on any atom is -0.467 e. The number of hydrogen-bond donors (Lipinski definition) is 1. The van der Waals surface area contributed by atoms with Gasteiger partial charge in [-0.1, -0.05) is 11.8 Å². The molecule has 128 valence electrons. The molecule has 4 rings (SSSR count). The average Bonchev–Trinajstić information content (AvgIpc) is 3.18. The number of furan rings is 1. The third-order valence-electron chi connectivity index (χ3n) is 3.89. The highest BCUT2D eigenvalue weighted by Gasteiger charge is 2.30. The summed E-state index contributed by atoms with van der Waals surface area (Å²) in [5, 5.41) is 12.2. The quantitative estimate of drug-likeness (QED) is 0.656. The highest BCUT2D eigenvalue weighted by Crippen LogP contribution is 2.40. The molecule has 0 spiro atoms. The fraction of sp³-hybridized carbons (Fsp3) is 0.294. The Bertz CT molecular complexity index is 843. The van der Waals surface area contributed by atoms with Crippen molar-refractivity contribution >= 4 is 17.7 Å². The molecule has 25 heavy (non-hydrogen) atoms. The maximum atomic E-state index is 12.0. The van der Waals surface area contributed by atoms with Crippen molar-refractivity contribution in [2.24, 2.45) is 0 Å². The minimum atomic E-state index is -0.0581. The molecular weight excluding hydrogens is 338 g/mol. The molecule has 0 bridgehead atoms. The number of amides is 1. The normalized spacial score (nSPS) is 13.8. The second kappa shape index (κ2) is 7.10. The fourth-order valence-electron chi connectivity index (χ4n) is 2.52. The van der Waals surface area contributed by atoms with Gasteiger partial charge in [0.05, 0.1) is 18.6 Å². The van der Waals surface area contributed by atoms with Crippen LogP contribution in [0.5, 0.6) is 0 Å². The fourth-order valence-corrected chi connectivity index (χ4v) is 3.35. The van der Waals surface area contributed by atoms with Crippen LogP contribution in [0.2, 0.25) is 0 Å². The van der Waals surface area contributed by atoms with E-state index in [1.165, 1.54) is 11.8 Å². The Morgan fingerprint density at radius 1 is 1.28 bits per heavy atom. The number of thioether (sulfide) groups is 1. The number of rotatable bonds is 7. The lowest BCUT2D eigenvalue weighted by Crippen LogP contribution is -2.24. The molecule has 0 aromatic carbocycles. The SMILES string of the molecule is O=C(CSc1nnc(-c2ccncc2)n1C1CC1)NCc1ccco1. The number of carbonyl (C=O) groups is 1. The lowest BCUT2D eigenvalue weighted by Gasteiger charge is -2.08. The molecule has 3 aromatic heterocycles. The number of nitrogens with one attached hydrogen (secondary N) is 1. The van der Waals surface area contributed by atoms with Crippen molar-refractivity contribution in [3.63, 3.8) is 0 Å². The monoisotopic (exact) mass is 355 g/mol. The van der Waals surface area contributed by atoms with Gasteiger partial charge < -0.3 is 9.73 Å². The summed E-state index contributed by atoms with van der Waals surface area (Å²) in [6.45, 7) is 0.393. The van der Waals surface area contributed by atoms with E-state index < -0.39 is 0 Å². The maximum Gasteiger partial charge on any atom is 0.230 e. The molecule has 0 unspecified atom stereocenters. The molecular formula is C17H17N5O2S. The molecule has 1 aliphatic rings. The second-order valence-corrected chi connectivity index (χ2v) is 6.73. The standard InChI is InChI=1S/C17H17N5O2S/c23-15(19-10-14-2-1-9-24-14)11-25-17-21-20-16(22(17)13-3-4-13)12-5-7-18-8-6-12/h1-2,5-9,13H,3-4,10-11H2,(H,19,23). The molecule has 3 heterocycles. The maximum absolute atomic E-state index is 12.0. The largest absolute Gasteiger partial charge is 0.467 e. The first-order chi connectivity index (χ1) is 12.3. The third-order valence-corrected chi connectivity index (χ3v) is 4.83. The lowest BCUT2D eigenvalue weighted by atomic mass is 10.2. The van der Waals surface area contributed by atoms with Gasteiger partial charge in [-0.3, -0.25) is 14.3 Å². The zero-order valence-electron chi connectivity index (χ0n) is 13.5. The van der Waals surface area contributed by atoms with Crippen LogP contribution in [0, 0.1) is 0 Å². The van der Waals surface area contributed by atoms with Crippen molar-refractivity contribution in [2.45, 2.75) is 30.6 Å². The number of hydrogen-bond acceptors (Lipinski definition) is 6. The van der Waals surface area contributed by atoms with Crippen molar-refractivity contribution in [1.29, 1.82) is 0 Å². The zero-order chi connectivity index (χ0) is 17.1. The van der Waals surface area contributed by atoms with Crippen LogP contribution in [0.3, 0.4) is 0 Å². The van der Waals surface area contributed by atoms with Crippen molar-refractivity contribution in [2.75, 3.05) is 5.75 Å². The van der Waals surface area contributed by atoms with E-state index in [4.69, 9.17) is 4.42 Å². The summed E-state index contributed by atoms with van der Waals surface area (Å²) in [6, 6.07) is 7.90. The van der Waals surface area contributed by atoms with Gasteiger partial charge in [-0.2, -0.15) is 0 Å². The first-order valence-corrected chi connectivity index (χ1v) is 9.07. The molecule has 0 atom stereocenters. The van der Waals surface area contributed by atoms with E-state index in [1.54, 1.807) is 24.7 Å². The van der Waals surface area contributed by atoms with E-state index in [0.717, 1.165) is 35.1 Å². The van der Waals surface area contributed by atoms with Gasteiger partial charge >= 0.3 is 0 Å². The molecule has 0 radical (unpaired) electrons. The van der Waals surface area contributed by atoms with Crippen LogP contribution in [-0.2, 0) is 11.3 Å². The first kappa shape index (κ1) is 15.9. The van der Waals surface area contributed by atoms with Gasteiger partial charge in [-0.25, -0.2) is 0 Å². The Hall–Kier alpha value is -2.61. The molecule has 3 aromatic rings. The number of pyridine rings is 1. The van der Waals surface area contributed by atoms with Crippen molar-refractivity contribution in [3.05, 3.63) is 48.7 Å². The Morgan fingerprint density at radius 2 is 2.12 bits per heavy atom. The van der Waals surface area contributed by atoms with Crippen LogP contribution in [0.25, 0.3) is 11.4 Å². The molecule has 1 fully saturated rings. The summed E-state index contributed by atoms with van der Waals surface area (Å²) in [4.78, 5) is 16.1. The van der Waals surface area contributed by atoms with Gasteiger partial charge in [0.25, 0.3) is 0 Å². The van der Waals surface area contributed by atoms with Crippen molar-refractivity contribution in [3.8, 4) is 11.4 Å². The van der Waals surface area contributed by atoms with E-state index in [0.29, 0.717) is 18.3 Å². The Balaban J connectivity index is 1.42. The van der Waals surface area contributed by atoms with Gasteiger partial charge in [0.15, 0.2) is 11.0 Å². The van der Waals surface area contributed by atoms with E-state index in [-0.39, 0.29) is 5.91 Å². The van der Waals surface area contributed by atoms with Gasteiger partial charge in [-0.15, -0.1) is 10.2 Å². The predicted molar refractivity (Wildman–Crippen MR) is 92.8 cm³/mol. The lowest BCUT2D eigenvalue weighted by molar-refractivity contribution is -0.118. The predicted octanol–water partition coefficient (Wildman–Crippen LogP) is 2.68. The number of carbonyl (C=O) groups excluding carboxylic acids is 1. The van der Waals surface area contributed by atoms with E-state index in [9.17, 15) is 4.79 Å². The zero-order valence-corrected chi connectivity index (χ0v) is 14.3. The van der Waals surface area contributed by atoms with Crippen LogP contribution < -0.4 is 5.32 Å². The molecule has 7 nitrogen and oxygen atoms in total. The summed E-state index contributed by atoms with van der Waals surface area (Å²) in [5.74, 6) is 1.81. The highest BCUT2D eigenvalue weighted by molar-refractivity contribution is 7.99. The summed E-state index contributed by atoms with van der Waals surface area (Å²) >= 11 is 1.41. The Morgan fingerprint density at radius 3 is 2.84 bits per heavy atom. The molecule has 1 N–H and O–H groups in total. The summed E-state index contributed by atoms with van der Waals surface area (Å²) in [5.41, 5.74) is 0.989. The van der Waals surface area contributed by atoms with Crippen LogP contribution >= 0.6 is 11.8 Å². The van der Waals surface area contributed by atoms with Gasteiger partial charge in [-0.05, 0) is 37.1 Å². The third kappa shape index (κ3) is 3.74. The topological polar surface area (TPSA) is 85.8 Å². The van der Waals surface area contributed by atoms with E-state index in [2.05, 4.69) is 25.1 Å². The highest BCUT2D eigenvalue weighted by atomic mass is 32.2. The van der Waals surface area contributed by atoms with E-state index in [1.807, 2.05) is 18.2 Å². The van der Waals surface area contributed by atoms with E-state index >= 15 is 0 Å². The van der Waals surface area contributed by atoms with Crippen LogP contribution in [0.15, 0.2) is 52.5 Å². The Kier molecular flexibility index (Phi) is 4.51. The first-order valence-electron chi connectivity index (χ1n) is 8.08. The smallest absolute Gasteiger partial charge is 0.230 e. The van der Waals surface area contributed by atoms with Crippen molar-refractivity contribution in [1.82, 2.24) is 25.1 Å². The summed E-state index contributed by atoms with van der Waals surface area (Å²) < 4.78 is 7.34. The second-order valence-electron chi connectivity index (χ2n) is 5.79. The number of nitrogens with zero attached hydrogens (tertiary/aromatic N) is 4. The molecule has 0 aliphatic heterocycles. The number of aromatic nitrogens is 4. The van der Waals surface area contributed by atoms with Gasteiger partial charge in [0.2, 0.25) is 5.91 Å². The molecule has 1 aliphatic carbocycles. The van der Waals surface area contributed by atoms with Crippen LogP contribution in [0.4, 0.5) is 0 Å². The molecule has 1 amide bonds. The van der Waals surface area contributed by atoms with Crippen LogP contribution in [0.1, 0.15) is 24.6 Å². The molecule has 1 saturated carbocycles. The minimum absolute atomic E-state index is 0.0581. The average molecular weight is 355 g/mol. The van der Waals surface area contributed by atoms with Gasteiger partial charge in [0.1, 0.15) is 5.76 Å². The van der Waals surface area contributed by atoms with Gasteiger partial charge in [0, 0.05) is 24.0 Å². The summed E-state index contributed by atoms with van der Waals surface area (Å²) in [6.07, 6.45) is 7.32. The summed E-state index contributed by atoms with van der Waals surface area (Å²) in [7, 11) is 0. The molecule has 8 heteroatoms. The Labute approximate surface area is 148 Å². The van der Waals surface area contributed by atoms with Crippen LogP contribution in [-0.4, -0.2) is 31.4 Å².